The van der Waals surface area contributed by atoms with Gasteiger partial charge in [0.25, 0.3) is 6.29 Å². The molecule has 5 rings (SSSR count). The molecule has 0 aromatic heterocycles. The van der Waals surface area contributed by atoms with Crippen LogP contribution in [-0.4, -0.2) is 0 Å². The number of aryl methyl sites for hydroxylation is 2. The Bertz CT molecular complexity index is 1290. The van der Waals surface area contributed by atoms with Crippen LogP contribution in [-0.2, 0) is 0 Å². The van der Waals surface area contributed by atoms with Crippen molar-refractivity contribution in [3.05, 3.63) is 120 Å². The van der Waals surface area contributed by atoms with Crippen molar-refractivity contribution in [3.63, 3.8) is 0 Å². The fraction of sp³-hybridized carbons (Fsp3) is 0.103. The van der Waals surface area contributed by atoms with Gasteiger partial charge in [0.15, 0.2) is 0 Å². The predicted octanol–water partition coefficient (Wildman–Crippen LogP) is 7.77. The molecule has 0 N–H and O–H groups in total. The highest BCUT2D eigenvalue weighted by atomic mass is 16.7. The maximum atomic E-state index is 6.30. The third kappa shape index (κ3) is 4.10. The fourth-order valence-electron chi connectivity index (χ4n) is 3.82. The monoisotopic (exact) mass is 404 g/mol. The van der Waals surface area contributed by atoms with Gasteiger partial charge in [-0.15, -0.1) is 0 Å². The van der Waals surface area contributed by atoms with Crippen molar-refractivity contribution in [2.24, 2.45) is 0 Å². The molecule has 0 unspecified atom stereocenters. The first kappa shape index (κ1) is 19.2. The van der Waals surface area contributed by atoms with Gasteiger partial charge in [-0.3, -0.25) is 0 Å². The van der Waals surface area contributed by atoms with Crippen molar-refractivity contribution in [2.45, 2.75) is 20.1 Å². The summed E-state index contributed by atoms with van der Waals surface area (Å²) < 4.78 is 12.6. The van der Waals surface area contributed by atoms with Crippen LogP contribution in [0.5, 0.6) is 11.5 Å². The zero-order valence-corrected chi connectivity index (χ0v) is 17.7. The molecule has 2 nitrogen and oxygen atoms in total. The average molecular weight is 405 g/mol. The summed E-state index contributed by atoms with van der Waals surface area (Å²) in [5.74, 6) is 1.56. The third-order valence-corrected chi connectivity index (χ3v) is 5.57. The van der Waals surface area contributed by atoms with Gasteiger partial charge in [-0.2, -0.15) is 0 Å². The smallest absolute Gasteiger partial charge is 0.267 e. The summed E-state index contributed by atoms with van der Waals surface area (Å²) in [7, 11) is 0. The minimum Gasteiger partial charge on any atom is -0.451 e. The van der Waals surface area contributed by atoms with E-state index in [1.165, 1.54) is 32.7 Å². The van der Waals surface area contributed by atoms with Gasteiger partial charge < -0.3 is 9.47 Å². The van der Waals surface area contributed by atoms with Crippen molar-refractivity contribution in [3.8, 4) is 11.5 Å². The predicted molar refractivity (Wildman–Crippen MR) is 128 cm³/mol. The second-order valence-electron chi connectivity index (χ2n) is 7.96. The van der Waals surface area contributed by atoms with Gasteiger partial charge in [0.1, 0.15) is 11.5 Å². The first-order valence-electron chi connectivity index (χ1n) is 10.5. The van der Waals surface area contributed by atoms with Gasteiger partial charge in [-0.25, -0.2) is 0 Å². The number of fused-ring (bicyclic) bond motifs is 3. The molecule has 0 aliphatic carbocycles. The molecule has 5 aromatic carbocycles. The molecule has 152 valence electrons. The zero-order chi connectivity index (χ0) is 21.2. The van der Waals surface area contributed by atoms with E-state index < -0.39 is 6.29 Å². The van der Waals surface area contributed by atoms with E-state index in [1.54, 1.807) is 0 Å². The molecule has 0 amide bonds. The number of hydrogen-bond acceptors (Lipinski definition) is 2. The van der Waals surface area contributed by atoms with Crippen molar-refractivity contribution in [2.75, 3.05) is 0 Å². The summed E-state index contributed by atoms with van der Waals surface area (Å²) in [6.07, 6.45) is -0.554. The minimum atomic E-state index is -0.554. The summed E-state index contributed by atoms with van der Waals surface area (Å²) in [5, 5.41) is 4.89. The maximum Gasteiger partial charge on any atom is 0.267 e. The maximum absolute atomic E-state index is 6.30. The van der Waals surface area contributed by atoms with E-state index in [-0.39, 0.29) is 0 Å². The van der Waals surface area contributed by atoms with Crippen LogP contribution in [0.25, 0.3) is 21.5 Å². The van der Waals surface area contributed by atoms with Crippen molar-refractivity contribution < 1.29 is 9.47 Å². The second-order valence-corrected chi connectivity index (χ2v) is 7.96. The van der Waals surface area contributed by atoms with Crippen LogP contribution in [0.1, 0.15) is 23.0 Å². The Hall–Kier alpha value is -3.78. The molecule has 0 saturated heterocycles. The second kappa shape index (κ2) is 8.16. The normalized spacial score (nSPS) is 11.2. The lowest BCUT2D eigenvalue weighted by Crippen LogP contribution is -2.15. The molecule has 0 aliphatic heterocycles. The molecular formula is C29H24O2. The molecule has 0 radical (unpaired) electrons. The van der Waals surface area contributed by atoms with E-state index in [2.05, 4.69) is 68.4 Å². The molecule has 0 heterocycles. The summed E-state index contributed by atoms with van der Waals surface area (Å²) in [4.78, 5) is 0. The van der Waals surface area contributed by atoms with Crippen molar-refractivity contribution in [1.29, 1.82) is 0 Å². The standard InChI is InChI=1S/C29H24O2/c1-20-7-14-25(15-8-20)30-29(31-26-16-9-21(2)10-17-26)24-13-18-28-23(19-24)12-11-22-5-3-4-6-27(22)28/h3-19,29H,1-2H3. The van der Waals surface area contributed by atoms with Gasteiger partial charge in [-0.1, -0.05) is 83.9 Å². The molecule has 0 saturated carbocycles. The molecule has 2 heteroatoms. The van der Waals surface area contributed by atoms with E-state index in [0.717, 1.165) is 17.1 Å². The highest BCUT2D eigenvalue weighted by molar-refractivity contribution is 6.07. The SMILES string of the molecule is Cc1ccc(OC(Oc2ccc(C)cc2)c2ccc3c(ccc4ccccc43)c2)cc1. The van der Waals surface area contributed by atoms with Gasteiger partial charge >= 0.3 is 0 Å². The van der Waals surface area contributed by atoms with Crippen LogP contribution in [0.2, 0.25) is 0 Å². The van der Waals surface area contributed by atoms with Gasteiger partial charge in [0.05, 0.1) is 0 Å². The average Bonchev–Trinajstić information content (AvgIpc) is 2.81. The molecule has 0 spiro atoms. The number of hydrogen-bond donors (Lipinski definition) is 0. The van der Waals surface area contributed by atoms with Gasteiger partial charge in [0, 0.05) is 5.56 Å². The van der Waals surface area contributed by atoms with Crippen molar-refractivity contribution >= 4 is 21.5 Å². The van der Waals surface area contributed by atoms with Gasteiger partial charge in [-0.05, 0) is 65.7 Å². The van der Waals surface area contributed by atoms with E-state index >= 15 is 0 Å². The molecule has 31 heavy (non-hydrogen) atoms. The van der Waals surface area contributed by atoms with Crippen LogP contribution < -0.4 is 9.47 Å². The van der Waals surface area contributed by atoms with Crippen LogP contribution >= 0.6 is 0 Å². The van der Waals surface area contributed by atoms with E-state index in [9.17, 15) is 0 Å². The highest BCUT2D eigenvalue weighted by Crippen LogP contribution is 2.31. The lowest BCUT2D eigenvalue weighted by Gasteiger charge is -2.22. The van der Waals surface area contributed by atoms with Gasteiger partial charge in [0.2, 0.25) is 0 Å². The van der Waals surface area contributed by atoms with Crippen LogP contribution in [0, 0.1) is 13.8 Å². The molecule has 0 fully saturated rings. The first-order chi connectivity index (χ1) is 15.2. The van der Waals surface area contributed by atoms with E-state index in [4.69, 9.17) is 9.47 Å². The summed E-state index contributed by atoms with van der Waals surface area (Å²) in [5.41, 5.74) is 3.37. The lowest BCUT2D eigenvalue weighted by atomic mass is 10.00. The topological polar surface area (TPSA) is 18.5 Å². The Kier molecular flexibility index (Phi) is 5.05. The Morgan fingerprint density at radius 1 is 0.516 bits per heavy atom. The quantitative estimate of drug-likeness (QED) is 0.220. The van der Waals surface area contributed by atoms with Crippen LogP contribution in [0.4, 0.5) is 0 Å². The van der Waals surface area contributed by atoms with Crippen LogP contribution in [0.3, 0.4) is 0 Å². The number of ether oxygens (including phenoxy) is 2. The Labute approximate surface area is 182 Å². The number of rotatable bonds is 5. The minimum absolute atomic E-state index is 0.554. The van der Waals surface area contributed by atoms with Crippen molar-refractivity contribution in [1.82, 2.24) is 0 Å². The number of benzene rings is 5. The molecule has 5 aromatic rings. The molecule has 0 aliphatic rings. The summed E-state index contributed by atoms with van der Waals surface area (Å²) in [6, 6.07) is 35.3. The molecule has 0 bridgehead atoms. The summed E-state index contributed by atoms with van der Waals surface area (Å²) >= 11 is 0. The Morgan fingerprint density at radius 2 is 1.06 bits per heavy atom. The molecular weight excluding hydrogens is 380 g/mol. The third-order valence-electron chi connectivity index (χ3n) is 5.57. The molecule has 0 atom stereocenters. The zero-order valence-electron chi connectivity index (χ0n) is 17.7. The Balaban J connectivity index is 1.55. The first-order valence-corrected chi connectivity index (χ1v) is 10.5. The van der Waals surface area contributed by atoms with E-state index in [0.29, 0.717) is 0 Å². The van der Waals surface area contributed by atoms with Crippen LogP contribution in [0.15, 0.2) is 103 Å². The summed E-state index contributed by atoms with van der Waals surface area (Å²) in [6.45, 7) is 4.13. The van der Waals surface area contributed by atoms with E-state index in [1.807, 2.05) is 48.5 Å². The largest absolute Gasteiger partial charge is 0.451 e. The Morgan fingerprint density at radius 3 is 1.71 bits per heavy atom. The lowest BCUT2D eigenvalue weighted by molar-refractivity contribution is 0.00390. The fourth-order valence-corrected chi connectivity index (χ4v) is 3.82. The highest BCUT2D eigenvalue weighted by Gasteiger charge is 2.17.